The number of aromatic hydroxyl groups is 1. The highest BCUT2D eigenvalue weighted by molar-refractivity contribution is 9.10. The van der Waals surface area contributed by atoms with Gasteiger partial charge >= 0.3 is 0 Å². The molecule has 0 bridgehead atoms. The Kier molecular flexibility index (Phi) is 6.33. The van der Waals surface area contributed by atoms with Gasteiger partial charge in [-0.25, -0.2) is 0 Å². The summed E-state index contributed by atoms with van der Waals surface area (Å²) in [5.41, 5.74) is 1.21. The first-order chi connectivity index (χ1) is 10.2. The highest BCUT2D eigenvalue weighted by Gasteiger charge is 2.23. The molecule has 0 saturated carbocycles. The Morgan fingerprint density at radius 3 is 2.67 bits per heavy atom. The third kappa shape index (κ3) is 4.11. The molecule has 2 rings (SSSR count). The molecular weight excluding hydrogens is 332 g/mol. The number of piperazine rings is 1. The number of phenolic OH excluding ortho intramolecular Hbond substituents is 1. The van der Waals surface area contributed by atoms with Crippen LogP contribution >= 0.6 is 15.9 Å². The van der Waals surface area contributed by atoms with E-state index < -0.39 is 0 Å². The fraction of sp³-hybridized carbons (Fsp3) is 0.625. The molecule has 21 heavy (non-hydrogen) atoms. The van der Waals surface area contributed by atoms with Crippen LogP contribution in [0.3, 0.4) is 0 Å². The molecule has 5 heteroatoms. The maximum Gasteiger partial charge on any atom is 0.172 e. The third-order valence-electron chi connectivity index (χ3n) is 3.89. The Balaban J connectivity index is 2.30. The van der Waals surface area contributed by atoms with Crippen LogP contribution in [0.4, 0.5) is 0 Å². The molecule has 1 heterocycles. The Morgan fingerprint density at radius 2 is 2.05 bits per heavy atom. The van der Waals surface area contributed by atoms with Gasteiger partial charge in [0.15, 0.2) is 11.5 Å². The van der Waals surface area contributed by atoms with Crippen LogP contribution in [0.5, 0.6) is 11.5 Å². The average molecular weight is 357 g/mol. The van der Waals surface area contributed by atoms with Gasteiger partial charge in [-0.05, 0) is 47.0 Å². The number of nitrogens with zero attached hydrogens (tertiary/aromatic N) is 1. The standard InChI is InChI=1S/C16H25BrN2O2/c1-3-5-14(19-8-6-18-7-9-19)12-10-13(17)16(20)15(11-12)21-4-2/h10-11,14,18,20H,3-9H2,1-2H3/t14-/m1/s1. The van der Waals surface area contributed by atoms with Gasteiger partial charge in [-0.2, -0.15) is 0 Å². The lowest BCUT2D eigenvalue weighted by Gasteiger charge is -2.35. The number of rotatable bonds is 6. The first-order valence-corrected chi connectivity index (χ1v) is 8.56. The molecule has 1 saturated heterocycles. The first-order valence-electron chi connectivity index (χ1n) is 7.77. The van der Waals surface area contributed by atoms with Crippen LogP contribution in [-0.2, 0) is 0 Å². The van der Waals surface area contributed by atoms with E-state index in [1.165, 1.54) is 5.56 Å². The lowest BCUT2D eigenvalue weighted by atomic mass is 9.99. The van der Waals surface area contributed by atoms with Crippen LogP contribution in [0.15, 0.2) is 16.6 Å². The van der Waals surface area contributed by atoms with Crippen molar-refractivity contribution in [2.75, 3.05) is 32.8 Å². The number of phenols is 1. The second-order valence-corrected chi connectivity index (χ2v) is 6.23. The van der Waals surface area contributed by atoms with Crippen LogP contribution in [0.1, 0.15) is 38.3 Å². The van der Waals surface area contributed by atoms with Gasteiger partial charge in [0, 0.05) is 32.2 Å². The fourth-order valence-corrected chi connectivity index (χ4v) is 3.34. The molecule has 1 aliphatic rings. The van der Waals surface area contributed by atoms with Gasteiger partial charge in [-0.15, -0.1) is 0 Å². The van der Waals surface area contributed by atoms with Crippen molar-refractivity contribution in [3.63, 3.8) is 0 Å². The van der Waals surface area contributed by atoms with Crippen molar-refractivity contribution in [2.45, 2.75) is 32.7 Å². The summed E-state index contributed by atoms with van der Waals surface area (Å²) < 4.78 is 6.27. The molecule has 2 N–H and O–H groups in total. The van der Waals surface area contributed by atoms with Gasteiger partial charge in [-0.1, -0.05) is 13.3 Å². The molecule has 0 radical (unpaired) electrons. The summed E-state index contributed by atoms with van der Waals surface area (Å²) in [6, 6.07) is 4.40. The van der Waals surface area contributed by atoms with Gasteiger partial charge in [0.25, 0.3) is 0 Å². The predicted octanol–water partition coefficient (Wildman–Crippen LogP) is 3.30. The normalized spacial score (nSPS) is 17.7. The highest BCUT2D eigenvalue weighted by atomic mass is 79.9. The van der Waals surface area contributed by atoms with E-state index in [9.17, 15) is 5.11 Å². The number of benzene rings is 1. The molecule has 0 aliphatic carbocycles. The summed E-state index contributed by atoms with van der Waals surface area (Å²) >= 11 is 3.45. The lowest BCUT2D eigenvalue weighted by Crippen LogP contribution is -2.45. The summed E-state index contributed by atoms with van der Waals surface area (Å²) in [4.78, 5) is 2.52. The van der Waals surface area contributed by atoms with Gasteiger partial charge in [-0.3, -0.25) is 4.90 Å². The largest absolute Gasteiger partial charge is 0.503 e. The maximum atomic E-state index is 10.1. The van der Waals surface area contributed by atoms with E-state index in [4.69, 9.17) is 4.74 Å². The smallest absolute Gasteiger partial charge is 0.172 e. The van der Waals surface area contributed by atoms with E-state index in [-0.39, 0.29) is 5.75 Å². The quantitative estimate of drug-likeness (QED) is 0.820. The third-order valence-corrected chi connectivity index (χ3v) is 4.49. The Bertz CT molecular complexity index is 462. The van der Waals surface area contributed by atoms with Gasteiger partial charge in [0.05, 0.1) is 11.1 Å². The van der Waals surface area contributed by atoms with E-state index in [0.29, 0.717) is 22.9 Å². The van der Waals surface area contributed by atoms with Crippen LogP contribution in [-0.4, -0.2) is 42.8 Å². The topological polar surface area (TPSA) is 44.7 Å². The van der Waals surface area contributed by atoms with E-state index in [2.05, 4.69) is 33.1 Å². The zero-order chi connectivity index (χ0) is 15.2. The SMILES string of the molecule is CCC[C@H](c1cc(Br)c(O)c(OCC)c1)N1CCNCC1. The summed E-state index contributed by atoms with van der Waals surface area (Å²) in [6.45, 7) is 8.90. The zero-order valence-corrected chi connectivity index (χ0v) is 14.4. The van der Waals surface area contributed by atoms with Gasteiger partial charge < -0.3 is 15.2 Å². The molecular formula is C16H25BrN2O2. The number of hydrogen-bond acceptors (Lipinski definition) is 4. The van der Waals surface area contributed by atoms with Crippen molar-refractivity contribution in [2.24, 2.45) is 0 Å². The monoisotopic (exact) mass is 356 g/mol. The van der Waals surface area contributed by atoms with Crippen molar-refractivity contribution in [3.8, 4) is 11.5 Å². The lowest BCUT2D eigenvalue weighted by molar-refractivity contribution is 0.164. The fourth-order valence-electron chi connectivity index (χ4n) is 2.88. The zero-order valence-electron chi connectivity index (χ0n) is 12.9. The first kappa shape index (κ1) is 16.6. The van der Waals surface area contributed by atoms with E-state index in [1.54, 1.807) is 0 Å². The molecule has 1 fully saturated rings. The maximum absolute atomic E-state index is 10.1. The predicted molar refractivity (Wildman–Crippen MR) is 89.1 cm³/mol. The van der Waals surface area contributed by atoms with E-state index >= 15 is 0 Å². The molecule has 0 amide bonds. The second-order valence-electron chi connectivity index (χ2n) is 5.37. The van der Waals surface area contributed by atoms with Crippen molar-refractivity contribution in [1.29, 1.82) is 0 Å². The van der Waals surface area contributed by atoms with Crippen molar-refractivity contribution < 1.29 is 9.84 Å². The second kappa shape index (κ2) is 8.01. The average Bonchev–Trinajstić information content (AvgIpc) is 2.50. The van der Waals surface area contributed by atoms with Crippen LogP contribution < -0.4 is 10.1 Å². The number of nitrogens with one attached hydrogen (secondary N) is 1. The molecule has 118 valence electrons. The molecule has 1 aromatic carbocycles. The van der Waals surface area contributed by atoms with E-state index in [1.807, 2.05) is 19.1 Å². The van der Waals surface area contributed by atoms with Crippen molar-refractivity contribution >= 4 is 15.9 Å². The van der Waals surface area contributed by atoms with Crippen LogP contribution in [0, 0.1) is 0 Å². The molecule has 1 atom stereocenters. The van der Waals surface area contributed by atoms with Crippen molar-refractivity contribution in [3.05, 3.63) is 22.2 Å². The molecule has 1 aliphatic heterocycles. The molecule has 0 unspecified atom stereocenters. The minimum atomic E-state index is 0.191. The molecule has 0 spiro atoms. The summed E-state index contributed by atoms with van der Waals surface area (Å²) in [6.07, 6.45) is 2.25. The van der Waals surface area contributed by atoms with Gasteiger partial charge in [0.1, 0.15) is 0 Å². The molecule has 0 aromatic heterocycles. The van der Waals surface area contributed by atoms with E-state index in [0.717, 1.165) is 39.0 Å². The molecule has 4 nitrogen and oxygen atoms in total. The number of hydrogen-bond donors (Lipinski definition) is 2. The Morgan fingerprint density at radius 1 is 1.33 bits per heavy atom. The number of ether oxygens (including phenoxy) is 1. The summed E-state index contributed by atoms with van der Waals surface area (Å²) in [5.74, 6) is 0.759. The van der Waals surface area contributed by atoms with Crippen LogP contribution in [0.2, 0.25) is 0 Å². The van der Waals surface area contributed by atoms with Crippen molar-refractivity contribution in [1.82, 2.24) is 10.2 Å². The highest BCUT2D eigenvalue weighted by Crippen LogP contribution is 2.39. The Labute approximate surface area is 135 Å². The summed E-state index contributed by atoms with van der Waals surface area (Å²) in [5, 5.41) is 13.5. The summed E-state index contributed by atoms with van der Waals surface area (Å²) in [7, 11) is 0. The van der Waals surface area contributed by atoms with Gasteiger partial charge in [0.2, 0.25) is 0 Å². The van der Waals surface area contributed by atoms with Crippen LogP contribution in [0.25, 0.3) is 0 Å². The Hall–Kier alpha value is -0.780. The minimum absolute atomic E-state index is 0.191. The molecule has 1 aromatic rings. The number of halogens is 1. The minimum Gasteiger partial charge on any atom is -0.503 e.